The monoisotopic (exact) mass is 462 g/mol. The number of carbonyl (C=O) groups is 1. The molecule has 1 aromatic heterocycles. The van der Waals surface area contributed by atoms with Gasteiger partial charge < -0.3 is 9.80 Å². The first-order valence-corrected chi connectivity index (χ1v) is 11.7. The molecule has 2 aromatic carbocycles. The fourth-order valence-electron chi connectivity index (χ4n) is 4.96. The normalized spacial score (nSPS) is 18.0. The molecule has 1 atom stereocenters. The molecule has 3 heterocycles. The van der Waals surface area contributed by atoms with Gasteiger partial charge in [-0.3, -0.25) is 4.79 Å². The van der Waals surface area contributed by atoms with Gasteiger partial charge in [-0.15, -0.1) is 12.4 Å². The lowest BCUT2D eigenvalue weighted by atomic mass is 9.94. The van der Waals surface area contributed by atoms with Gasteiger partial charge in [0.05, 0.1) is 5.56 Å². The van der Waals surface area contributed by atoms with Crippen molar-refractivity contribution in [2.45, 2.75) is 45.2 Å². The Morgan fingerprint density at radius 1 is 1.00 bits per heavy atom. The van der Waals surface area contributed by atoms with Gasteiger partial charge in [-0.1, -0.05) is 42.5 Å². The number of fused-ring (bicyclic) bond motifs is 1. The molecule has 5 nitrogen and oxygen atoms in total. The van der Waals surface area contributed by atoms with Crippen molar-refractivity contribution in [2.75, 3.05) is 19.6 Å². The topological polar surface area (TPSA) is 49.3 Å². The Bertz CT molecular complexity index is 1090. The fourth-order valence-corrected chi connectivity index (χ4v) is 4.96. The first-order chi connectivity index (χ1) is 15.7. The highest BCUT2D eigenvalue weighted by Crippen LogP contribution is 2.27. The zero-order valence-electron chi connectivity index (χ0n) is 19.1. The molecule has 1 fully saturated rings. The molecule has 2 aliphatic rings. The quantitative estimate of drug-likeness (QED) is 0.547. The number of halogens is 1. The summed E-state index contributed by atoms with van der Waals surface area (Å²) < 4.78 is 0. The molecule has 172 valence electrons. The van der Waals surface area contributed by atoms with E-state index in [0.29, 0.717) is 12.1 Å². The van der Waals surface area contributed by atoms with Gasteiger partial charge in [0.1, 0.15) is 6.33 Å². The molecule has 0 spiro atoms. The molecule has 0 bridgehead atoms. The number of hydrogen-bond donors (Lipinski definition) is 0. The average molecular weight is 463 g/mol. The van der Waals surface area contributed by atoms with Gasteiger partial charge in [0.25, 0.3) is 5.91 Å². The summed E-state index contributed by atoms with van der Waals surface area (Å²) >= 11 is 0. The first kappa shape index (κ1) is 23.4. The third-order valence-corrected chi connectivity index (χ3v) is 6.98. The SMILES string of the molecule is CC1CCCN1CCc1ccc(-c2ccc3c(c2)CCN(C(=O)c2cncnc2)C3)cc1.Cl. The lowest BCUT2D eigenvalue weighted by Crippen LogP contribution is -2.36. The second-order valence-corrected chi connectivity index (χ2v) is 9.06. The second kappa shape index (κ2) is 10.4. The van der Waals surface area contributed by atoms with Crippen LogP contribution in [0.4, 0.5) is 0 Å². The Balaban J connectivity index is 0.00000259. The average Bonchev–Trinajstić information content (AvgIpc) is 3.27. The molecule has 0 radical (unpaired) electrons. The number of hydrogen-bond acceptors (Lipinski definition) is 4. The minimum Gasteiger partial charge on any atom is -0.334 e. The molecule has 0 aliphatic carbocycles. The molecule has 1 amide bonds. The van der Waals surface area contributed by atoms with Crippen LogP contribution in [0.3, 0.4) is 0 Å². The molecular formula is C27H31ClN4O. The predicted molar refractivity (Wildman–Crippen MR) is 134 cm³/mol. The molecule has 0 N–H and O–H groups in total. The molecule has 6 heteroatoms. The van der Waals surface area contributed by atoms with Crippen molar-refractivity contribution < 1.29 is 4.79 Å². The van der Waals surface area contributed by atoms with E-state index in [-0.39, 0.29) is 18.3 Å². The molecule has 3 aromatic rings. The third-order valence-electron chi connectivity index (χ3n) is 6.98. The zero-order valence-corrected chi connectivity index (χ0v) is 19.9. The Morgan fingerprint density at radius 3 is 2.48 bits per heavy atom. The highest BCUT2D eigenvalue weighted by atomic mass is 35.5. The number of benzene rings is 2. The van der Waals surface area contributed by atoms with Crippen molar-refractivity contribution in [2.24, 2.45) is 0 Å². The van der Waals surface area contributed by atoms with Crippen LogP contribution in [0.15, 0.2) is 61.2 Å². The van der Waals surface area contributed by atoms with Crippen molar-refractivity contribution in [3.63, 3.8) is 0 Å². The summed E-state index contributed by atoms with van der Waals surface area (Å²) in [6.45, 7) is 6.10. The van der Waals surface area contributed by atoms with E-state index in [9.17, 15) is 4.79 Å². The lowest BCUT2D eigenvalue weighted by Gasteiger charge is -2.29. The van der Waals surface area contributed by atoms with Gasteiger partial charge >= 0.3 is 0 Å². The maximum Gasteiger partial charge on any atom is 0.257 e. The predicted octanol–water partition coefficient (Wildman–Crippen LogP) is 4.79. The van der Waals surface area contributed by atoms with E-state index >= 15 is 0 Å². The minimum atomic E-state index is -0.000704. The smallest absolute Gasteiger partial charge is 0.257 e. The zero-order chi connectivity index (χ0) is 21.9. The number of rotatable bonds is 5. The van der Waals surface area contributed by atoms with Crippen LogP contribution in [0.5, 0.6) is 0 Å². The summed E-state index contributed by atoms with van der Waals surface area (Å²) in [4.78, 5) is 25.2. The second-order valence-electron chi connectivity index (χ2n) is 9.06. The highest BCUT2D eigenvalue weighted by Gasteiger charge is 2.22. The van der Waals surface area contributed by atoms with Crippen molar-refractivity contribution in [3.05, 3.63) is 83.4 Å². The largest absolute Gasteiger partial charge is 0.334 e. The number of aromatic nitrogens is 2. The maximum absolute atomic E-state index is 12.7. The van der Waals surface area contributed by atoms with E-state index in [1.807, 2.05) is 4.90 Å². The van der Waals surface area contributed by atoms with E-state index < -0.39 is 0 Å². The van der Waals surface area contributed by atoms with Crippen molar-refractivity contribution in [1.82, 2.24) is 19.8 Å². The van der Waals surface area contributed by atoms with Gasteiger partial charge in [-0.2, -0.15) is 0 Å². The molecule has 2 aliphatic heterocycles. The van der Waals surface area contributed by atoms with Gasteiger partial charge in [0.15, 0.2) is 0 Å². The molecule has 1 saturated heterocycles. The van der Waals surface area contributed by atoms with Crippen molar-refractivity contribution >= 4 is 18.3 Å². The van der Waals surface area contributed by atoms with Crippen LogP contribution >= 0.6 is 12.4 Å². The summed E-state index contributed by atoms with van der Waals surface area (Å²) in [5, 5.41) is 0. The number of nitrogens with zero attached hydrogens (tertiary/aromatic N) is 4. The van der Waals surface area contributed by atoms with E-state index in [4.69, 9.17) is 0 Å². The minimum absolute atomic E-state index is 0. The maximum atomic E-state index is 12.7. The Hall–Kier alpha value is -2.76. The van der Waals surface area contributed by atoms with E-state index in [1.54, 1.807) is 12.4 Å². The highest BCUT2D eigenvalue weighted by molar-refractivity contribution is 5.93. The molecular weight excluding hydrogens is 432 g/mol. The lowest BCUT2D eigenvalue weighted by molar-refractivity contribution is 0.0734. The van der Waals surface area contributed by atoms with E-state index in [1.165, 1.54) is 53.5 Å². The van der Waals surface area contributed by atoms with Crippen LogP contribution in [-0.4, -0.2) is 51.4 Å². The van der Waals surface area contributed by atoms with Crippen molar-refractivity contribution in [1.29, 1.82) is 0 Å². The van der Waals surface area contributed by atoms with E-state index in [2.05, 4.69) is 64.3 Å². The molecule has 0 saturated carbocycles. The standard InChI is InChI=1S/C27H30N4O.ClH/c1-20-3-2-12-30(20)13-10-21-4-6-22(7-5-21)23-8-9-25-18-31(14-11-24(25)15-23)27(32)26-16-28-19-29-17-26;/h4-9,15-17,19-20H,2-3,10-14,18H2,1H3;1H. The van der Waals surface area contributed by atoms with Crippen molar-refractivity contribution in [3.8, 4) is 11.1 Å². The number of likely N-dealkylation sites (tertiary alicyclic amines) is 1. The van der Waals surface area contributed by atoms with Crippen LogP contribution in [-0.2, 0) is 19.4 Å². The van der Waals surface area contributed by atoms with Crippen LogP contribution in [0.1, 0.15) is 46.8 Å². The molecule has 1 unspecified atom stereocenters. The van der Waals surface area contributed by atoms with E-state index in [0.717, 1.165) is 32.0 Å². The van der Waals surface area contributed by atoms with Gasteiger partial charge in [0, 0.05) is 38.1 Å². The van der Waals surface area contributed by atoms with Crippen LogP contribution in [0.2, 0.25) is 0 Å². The van der Waals surface area contributed by atoms with Gasteiger partial charge in [-0.05, 0) is 67.0 Å². The van der Waals surface area contributed by atoms with Crippen LogP contribution < -0.4 is 0 Å². The fraction of sp³-hybridized carbons (Fsp3) is 0.370. The number of amides is 1. The first-order valence-electron chi connectivity index (χ1n) is 11.7. The summed E-state index contributed by atoms with van der Waals surface area (Å²) in [6.07, 6.45) is 9.28. The summed E-state index contributed by atoms with van der Waals surface area (Å²) in [7, 11) is 0. The summed E-state index contributed by atoms with van der Waals surface area (Å²) in [5.41, 5.74) is 7.02. The molecule has 33 heavy (non-hydrogen) atoms. The Labute approximate surface area is 202 Å². The molecule has 5 rings (SSSR count). The Morgan fingerprint density at radius 2 is 1.76 bits per heavy atom. The van der Waals surface area contributed by atoms with Gasteiger partial charge in [-0.25, -0.2) is 9.97 Å². The Kier molecular flexibility index (Phi) is 7.41. The van der Waals surface area contributed by atoms with Gasteiger partial charge in [0.2, 0.25) is 0 Å². The van der Waals surface area contributed by atoms with Crippen LogP contribution in [0.25, 0.3) is 11.1 Å². The summed E-state index contributed by atoms with van der Waals surface area (Å²) in [5.74, 6) is -0.000704. The van der Waals surface area contributed by atoms with Crippen LogP contribution in [0, 0.1) is 0 Å². The number of carbonyl (C=O) groups excluding carboxylic acids is 1. The third kappa shape index (κ3) is 5.26. The summed E-state index contributed by atoms with van der Waals surface area (Å²) in [6, 6.07) is 16.4.